The van der Waals surface area contributed by atoms with Crippen LogP contribution in [-0.4, -0.2) is 4.98 Å². The normalized spacial score (nSPS) is 10.7. The summed E-state index contributed by atoms with van der Waals surface area (Å²) in [5.74, 6) is 0.909. The lowest BCUT2D eigenvalue weighted by molar-refractivity contribution is 1.27. The average molecular weight is 267 g/mol. The summed E-state index contributed by atoms with van der Waals surface area (Å²) >= 11 is 1.76. The summed E-state index contributed by atoms with van der Waals surface area (Å²) in [7, 11) is 0. The Balaban J connectivity index is 1.93. The highest BCUT2D eigenvalue weighted by Crippen LogP contribution is 2.28. The molecule has 3 rings (SSSR count). The lowest BCUT2D eigenvalue weighted by Gasteiger charge is -2.05. The molecule has 19 heavy (non-hydrogen) atoms. The van der Waals surface area contributed by atoms with E-state index in [9.17, 15) is 4.79 Å². The number of pyridine rings is 1. The summed E-state index contributed by atoms with van der Waals surface area (Å²) in [5.41, 5.74) is 1.26. The third-order valence-corrected chi connectivity index (χ3v) is 4.16. The molecule has 0 aliphatic heterocycles. The zero-order valence-corrected chi connectivity index (χ0v) is 11.1. The smallest absolute Gasteiger partial charge is 0.255 e. The minimum Gasteiger partial charge on any atom is -0.329 e. The summed E-state index contributed by atoms with van der Waals surface area (Å²) in [6.07, 6.45) is 1.71. The van der Waals surface area contributed by atoms with Crippen molar-refractivity contribution in [2.24, 2.45) is 0 Å². The number of fused-ring (bicyclic) bond motifs is 1. The molecule has 3 heteroatoms. The fourth-order valence-corrected chi connectivity index (χ4v) is 3.08. The highest BCUT2D eigenvalue weighted by atomic mass is 32.2. The molecule has 0 fully saturated rings. The van der Waals surface area contributed by atoms with E-state index in [2.05, 4.69) is 23.2 Å². The van der Waals surface area contributed by atoms with Crippen LogP contribution in [0.15, 0.2) is 70.5 Å². The molecule has 0 spiro atoms. The van der Waals surface area contributed by atoms with Crippen molar-refractivity contribution < 1.29 is 0 Å². The van der Waals surface area contributed by atoms with Crippen molar-refractivity contribution in [3.05, 3.63) is 76.7 Å². The van der Waals surface area contributed by atoms with Gasteiger partial charge in [-0.2, -0.15) is 0 Å². The third-order valence-electron chi connectivity index (χ3n) is 3.01. The van der Waals surface area contributed by atoms with Crippen LogP contribution in [0.4, 0.5) is 0 Å². The number of rotatable bonds is 3. The number of aromatic nitrogens is 1. The molecule has 0 aliphatic carbocycles. The third kappa shape index (κ3) is 2.56. The van der Waals surface area contributed by atoms with E-state index >= 15 is 0 Å². The van der Waals surface area contributed by atoms with Gasteiger partial charge in [0.15, 0.2) is 0 Å². The van der Waals surface area contributed by atoms with Crippen LogP contribution in [0, 0.1) is 0 Å². The Kier molecular flexibility index (Phi) is 3.38. The predicted octanol–water partition coefficient (Wildman–Crippen LogP) is 3.82. The molecule has 0 saturated carbocycles. The first-order valence-electron chi connectivity index (χ1n) is 6.12. The maximum atomic E-state index is 11.7. The van der Waals surface area contributed by atoms with Gasteiger partial charge >= 0.3 is 0 Å². The number of benzene rings is 2. The van der Waals surface area contributed by atoms with Crippen molar-refractivity contribution >= 4 is 22.5 Å². The number of nitrogens with one attached hydrogen (secondary N) is 1. The quantitative estimate of drug-likeness (QED) is 0.732. The first kappa shape index (κ1) is 12.1. The summed E-state index contributed by atoms with van der Waals surface area (Å²) in [6.45, 7) is 0. The van der Waals surface area contributed by atoms with Crippen LogP contribution in [0.5, 0.6) is 0 Å². The number of thioether (sulfide) groups is 1. The monoisotopic (exact) mass is 267 g/mol. The van der Waals surface area contributed by atoms with E-state index in [1.807, 2.05) is 36.4 Å². The molecule has 0 aliphatic rings. The zero-order valence-electron chi connectivity index (χ0n) is 10.3. The predicted molar refractivity (Wildman–Crippen MR) is 80.6 cm³/mol. The maximum Gasteiger partial charge on any atom is 0.255 e. The van der Waals surface area contributed by atoms with Crippen LogP contribution >= 0.6 is 11.8 Å². The van der Waals surface area contributed by atoms with E-state index in [1.54, 1.807) is 18.0 Å². The minimum atomic E-state index is -0.0281. The van der Waals surface area contributed by atoms with Crippen molar-refractivity contribution in [1.82, 2.24) is 4.98 Å². The molecule has 0 bridgehead atoms. The van der Waals surface area contributed by atoms with Crippen LogP contribution in [-0.2, 0) is 5.75 Å². The molecule has 0 amide bonds. The molecular formula is C16H13NOS. The Bertz CT molecular complexity index is 749. The van der Waals surface area contributed by atoms with Crippen molar-refractivity contribution in [3.63, 3.8) is 0 Å². The summed E-state index contributed by atoms with van der Waals surface area (Å²) in [6, 6.07) is 18.2. The molecule has 3 aromatic rings. The van der Waals surface area contributed by atoms with Gasteiger partial charge in [-0.05, 0) is 23.8 Å². The Morgan fingerprint density at radius 1 is 0.895 bits per heavy atom. The first-order valence-corrected chi connectivity index (χ1v) is 7.10. The van der Waals surface area contributed by atoms with Gasteiger partial charge in [0.25, 0.3) is 5.56 Å². The highest BCUT2D eigenvalue weighted by molar-refractivity contribution is 7.98. The van der Waals surface area contributed by atoms with E-state index in [0.717, 1.165) is 21.4 Å². The first-order chi connectivity index (χ1) is 9.34. The van der Waals surface area contributed by atoms with Gasteiger partial charge in [0.1, 0.15) is 0 Å². The largest absolute Gasteiger partial charge is 0.329 e. The van der Waals surface area contributed by atoms with Gasteiger partial charge in [0, 0.05) is 27.6 Å². The van der Waals surface area contributed by atoms with Gasteiger partial charge in [0.05, 0.1) is 0 Å². The second-order valence-electron chi connectivity index (χ2n) is 4.30. The topological polar surface area (TPSA) is 32.9 Å². The van der Waals surface area contributed by atoms with Crippen LogP contribution in [0.3, 0.4) is 0 Å². The number of aromatic amines is 1. The van der Waals surface area contributed by atoms with Crippen molar-refractivity contribution in [2.75, 3.05) is 0 Å². The van der Waals surface area contributed by atoms with Gasteiger partial charge in [-0.1, -0.05) is 36.4 Å². The van der Waals surface area contributed by atoms with Crippen LogP contribution in [0.25, 0.3) is 10.8 Å². The summed E-state index contributed by atoms with van der Waals surface area (Å²) < 4.78 is 0. The van der Waals surface area contributed by atoms with E-state index in [-0.39, 0.29) is 5.56 Å². The van der Waals surface area contributed by atoms with E-state index in [0.29, 0.717) is 0 Å². The Morgan fingerprint density at radius 3 is 2.58 bits per heavy atom. The Morgan fingerprint density at radius 2 is 1.74 bits per heavy atom. The number of H-pyrrole nitrogens is 1. The van der Waals surface area contributed by atoms with E-state index < -0.39 is 0 Å². The number of hydrogen-bond donors (Lipinski definition) is 1. The van der Waals surface area contributed by atoms with Crippen molar-refractivity contribution in [2.45, 2.75) is 10.6 Å². The average Bonchev–Trinajstić information content (AvgIpc) is 2.47. The molecule has 0 unspecified atom stereocenters. The van der Waals surface area contributed by atoms with Gasteiger partial charge in [-0.3, -0.25) is 4.79 Å². The molecule has 2 nitrogen and oxygen atoms in total. The maximum absolute atomic E-state index is 11.7. The molecule has 0 saturated heterocycles. The number of hydrogen-bond acceptors (Lipinski definition) is 2. The Hall–Kier alpha value is -2.00. The molecule has 94 valence electrons. The minimum absolute atomic E-state index is 0.0281. The fraction of sp³-hybridized carbons (Fsp3) is 0.0625. The molecule has 1 aromatic heterocycles. The lowest BCUT2D eigenvalue weighted by Crippen LogP contribution is -2.04. The molecule has 0 radical (unpaired) electrons. The van der Waals surface area contributed by atoms with Crippen LogP contribution in [0.1, 0.15) is 5.56 Å². The molecular weight excluding hydrogens is 254 g/mol. The van der Waals surface area contributed by atoms with Crippen LogP contribution in [0.2, 0.25) is 0 Å². The van der Waals surface area contributed by atoms with Gasteiger partial charge in [-0.25, -0.2) is 0 Å². The Labute approximate surface area is 115 Å². The summed E-state index contributed by atoms with van der Waals surface area (Å²) in [5, 5.41) is 1.77. The second-order valence-corrected chi connectivity index (χ2v) is 5.32. The summed E-state index contributed by atoms with van der Waals surface area (Å²) in [4.78, 5) is 15.6. The molecule has 1 heterocycles. The molecule has 1 N–H and O–H groups in total. The van der Waals surface area contributed by atoms with Gasteiger partial charge < -0.3 is 4.98 Å². The molecule has 2 aromatic carbocycles. The SMILES string of the molecule is O=c1[nH]ccc2c(SCc3ccccc3)cccc12. The van der Waals surface area contributed by atoms with Crippen LogP contribution < -0.4 is 5.56 Å². The highest BCUT2D eigenvalue weighted by Gasteiger charge is 2.04. The van der Waals surface area contributed by atoms with Crippen molar-refractivity contribution in [3.8, 4) is 0 Å². The van der Waals surface area contributed by atoms with E-state index in [4.69, 9.17) is 0 Å². The second kappa shape index (κ2) is 5.33. The fourth-order valence-electron chi connectivity index (χ4n) is 2.05. The van der Waals surface area contributed by atoms with E-state index in [1.165, 1.54) is 5.56 Å². The zero-order chi connectivity index (χ0) is 13.1. The van der Waals surface area contributed by atoms with Crippen molar-refractivity contribution in [1.29, 1.82) is 0 Å². The van der Waals surface area contributed by atoms with Gasteiger partial charge in [0.2, 0.25) is 0 Å². The lowest BCUT2D eigenvalue weighted by atomic mass is 10.2. The molecule has 0 atom stereocenters. The standard InChI is InChI=1S/C16H13NOS/c18-16-14-7-4-8-15(13(14)9-10-17-16)19-11-12-5-2-1-3-6-12/h1-10H,11H2,(H,17,18). The van der Waals surface area contributed by atoms with Gasteiger partial charge in [-0.15, -0.1) is 11.8 Å².